The third-order valence-corrected chi connectivity index (χ3v) is 4.09. The minimum atomic E-state index is -0.421. The standard InChI is InChI=1S/C16H15ClFN/c17-14-7-6-13(9-15(14)18)16(19)12-5-4-10-2-1-3-11(10)8-12/h4-9,16H,1-3,19H2. The Kier molecular flexibility index (Phi) is 3.29. The molecular weight excluding hydrogens is 261 g/mol. The number of fused-ring (bicyclic) bond motifs is 1. The van der Waals surface area contributed by atoms with Gasteiger partial charge in [0, 0.05) is 0 Å². The van der Waals surface area contributed by atoms with E-state index in [1.165, 1.54) is 23.6 Å². The van der Waals surface area contributed by atoms with E-state index < -0.39 is 5.82 Å². The Hall–Kier alpha value is -1.38. The zero-order valence-corrected chi connectivity index (χ0v) is 11.3. The summed E-state index contributed by atoms with van der Waals surface area (Å²) in [5, 5.41) is 0.130. The van der Waals surface area contributed by atoms with Gasteiger partial charge < -0.3 is 5.73 Å². The fourth-order valence-corrected chi connectivity index (χ4v) is 2.80. The minimum Gasteiger partial charge on any atom is -0.320 e. The van der Waals surface area contributed by atoms with Gasteiger partial charge in [-0.3, -0.25) is 0 Å². The molecule has 1 aliphatic carbocycles. The Morgan fingerprint density at radius 2 is 1.68 bits per heavy atom. The molecule has 98 valence electrons. The fourth-order valence-electron chi connectivity index (χ4n) is 2.68. The fraction of sp³-hybridized carbons (Fsp3) is 0.250. The Morgan fingerprint density at radius 1 is 1.00 bits per heavy atom. The van der Waals surface area contributed by atoms with Crippen LogP contribution in [0.2, 0.25) is 5.02 Å². The second-order valence-corrected chi connectivity index (χ2v) is 5.44. The van der Waals surface area contributed by atoms with Gasteiger partial charge >= 0.3 is 0 Å². The molecule has 2 aromatic carbocycles. The van der Waals surface area contributed by atoms with E-state index in [0.29, 0.717) is 0 Å². The molecule has 2 aromatic rings. The lowest BCUT2D eigenvalue weighted by Crippen LogP contribution is -2.12. The van der Waals surface area contributed by atoms with Crippen molar-refractivity contribution in [3.8, 4) is 0 Å². The Morgan fingerprint density at radius 3 is 2.47 bits per heavy atom. The van der Waals surface area contributed by atoms with Gasteiger partial charge in [0.25, 0.3) is 0 Å². The summed E-state index contributed by atoms with van der Waals surface area (Å²) >= 11 is 5.69. The first-order chi connectivity index (χ1) is 9.15. The monoisotopic (exact) mass is 275 g/mol. The highest BCUT2D eigenvalue weighted by Gasteiger charge is 2.15. The van der Waals surface area contributed by atoms with Gasteiger partial charge in [0.2, 0.25) is 0 Å². The largest absolute Gasteiger partial charge is 0.320 e. The highest BCUT2D eigenvalue weighted by atomic mass is 35.5. The van der Waals surface area contributed by atoms with Crippen molar-refractivity contribution in [3.63, 3.8) is 0 Å². The average molecular weight is 276 g/mol. The van der Waals surface area contributed by atoms with Gasteiger partial charge in [0.15, 0.2) is 0 Å². The van der Waals surface area contributed by atoms with Crippen LogP contribution in [0.4, 0.5) is 4.39 Å². The summed E-state index contributed by atoms with van der Waals surface area (Å²) in [6, 6.07) is 10.8. The average Bonchev–Trinajstić information content (AvgIpc) is 2.88. The predicted molar refractivity (Wildman–Crippen MR) is 75.9 cm³/mol. The van der Waals surface area contributed by atoms with Crippen molar-refractivity contribution in [2.24, 2.45) is 5.73 Å². The topological polar surface area (TPSA) is 26.0 Å². The molecule has 0 fully saturated rings. The van der Waals surface area contributed by atoms with Gasteiger partial charge in [0.05, 0.1) is 11.1 Å². The number of benzene rings is 2. The summed E-state index contributed by atoms with van der Waals surface area (Å²) < 4.78 is 13.5. The summed E-state index contributed by atoms with van der Waals surface area (Å²) in [5.41, 5.74) is 10.8. The van der Waals surface area contributed by atoms with Crippen molar-refractivity contribution < 1.29 is 4.39 Å². The number of rotatable bonds is 2. The normalized spacial score (nSPS) is 15.3. The molecule has 0 saturated carbocycles. The van der Waals surface area contributed by atoms with Crippen molar-refractivity contribution in [1.82, 2.24) is 0 Å². The molecule has 0 radical (unpaired) electrons. The van der Waals surface area contributed by atoms with Crippen LogP contribution in [0.25, 0.3) is 0 Å². The molecule has 1 atom stereocenters. The predicted octanol–water partition coefficient (Wildman–Crippen LogP) is 4.02. The minimum absolute atomic E-state index is 0.130. The van der Waals surface area contributed by atoms with E-state index in [-0.39, 0.29) is 11.1 Å². The lowest BCUT2D eigenvalue weighted by molar-refractivity contribution is 0.624. The molecule has 19 heavy (non-hydrogen) atoms. The van der Waals surface area contributed by atoms with E-state index in [2.05, 4.69) is 12.1 Å². The quantitative estimate of drug-likeness (QED) is 0.880. The number of hydrogen-bond donors (Lipinski definition) is 1. The first kappa shape index (κ1) is 12.6. The van der Waals surface area contributed by atoms with Crippen LogP contribution in [-0.2, 0) is 12.8 Å². The van der Waals surface area contributed by atoms with Crippen LogP contribution in [0.1, 0.15) is 34.7 Å². The van der Waals surface area contributed by atoms with Crippen LogP contribution in [0.3, 0.4) is 0 Å². The lowest BCUT2D eigenvalue weighted by atomic mass is 9.96. The van der Waals surface area contributed by atoms with Crippen LogP contribution >= 0.6 is 11.6 Å². The summed E-state index contributed by atoms with van der Waals surface area (Å²) in [6.07, 6.45) is 3.48. The first-order valence-electron chi connectivity index (χ1n) is 6.47. The molecule has 0 saturated heterocycles. The van der Waals surface area contributed by atoms with E-state index in [1.807, 2.05) is 6.07 Å². The van der Waals surface area contributed by atoms with Crippen LogP contribution in [0, 0.1) is 5.82 Å². The van der Waals surface area contributed by atoms with Gasteiger partial charge in [-0.15, -0.1) is 0 Å². The maximum absolute atomic E-state index is 13.5. The van der Waals surface area contributed by atoms with Crippen molar-refractivity contribution in [2.75, 3.05) is 0 Å². The van der Waals surface area contributed by atoms with Gasteiger partial charge in [-0.1, -0.05) is 35.9 Å². The molecule has 0 aliphatic heterocycles. The second kappa shape index (κ2) is 4.95. The van der Waals surface area contributed by atoms with Crippen molar-refractivity contribution in [3.05, 3.63) is 69.5 Å². The Bertz CT molecular complexity index is 624. The van der Waals surface area contributed by atoms with Crippen molar-refractivity contribution in [1.29, 1.82) is 0 Å². The lowest BCUT2D eigenvalue weighted by Gasteiger charge is -2.14. The van der Waals surface area contributed by atoms with Gasteiger partial charge in [-0.05, 0) is 53.6 Å². The van der Waals surface area contributed by atoms with E-state index in [0.717, 1.165) is 24.0 Å². The molecule has 1 nitrogen and oxygen atoms in total. The number of nitrogens with two attached hydrogens (primary N) is 1. The molecule has 2 N–H and O–H groups in total. The SMILES string of the molecule is NC(c1ccc(Cl)c(F)c1)c1ccc2c(c1)CCC2. The van der Waals surface area contributed by atoms with Crippen LogP contribution in [0.15, 0.2) is 36.4 Å². The third-order valence-electron chi connectivity index (χ3n) is 3.78. The first-order valence-corrected chi connectivity index (χ1v) is 6.85. The van der Waals surface area contributed by atoms with E-state index >= 15 is 0 Å². The molecule has 3 heteroatoms. The van der Waals surface area contributed by atoms with Crippen LogP contribution < -0.4 is 5.73 Å². The van der Waals surface area contributed by atoms with Crippen LogP contribution in [-0.4, -0.2) is 0 Å². The van der Waals surface area contributed by atoms with Crippen molar-refractivity contribution >= 4 is 11.6 Å². The molecule has 0 amide bonds. The molecule has 1 unspecified atom stereocenters. The Labute approximate surface area is 117 Å². The molecule has 3 rings (SSSR count). The molecule has 0 heterocycles. The smallest absolute Gasteiger partial charge is 0.142 e. The maximum atomic E-state index is 13.5. The van der Waals surface area contributed by atoms with E-state index in [4.69, 9.17) is 17.3 Å². The third kappa shape index (κ3) is 2.38. The molecular formula is C16H15ClFN. The zero-order chi connectivity index (χ0) is 13.4. The zero-order valence-electron chi connectivity index (χ0n) is 10.5. The van der Waals surface area contributed by atoms with Gasteiger partial charge in [-0.2, -0.15) is 0 Å². The van der Waals surface area contributed by atoms with Crippen molar-refractivity contribution in [2.45, 2.75) is 25.3 Å². The maximum Gasteiger partial charge on any atom is 0.142 e. The van der Waals surface area contributed by atoms with Crippen LogP contribution in [0.5, 0.6) is 0 Å². The Balaban J connectivity index is 1.94. The van der Waals surface area contributed by atoms with Gasteiger partial charge in [-0.25, -0.2) is 4.39 Å². The van der Waals surface area contributed by atoms with E-state index in [1.54, 1.807) is 12.1 Å². The highest BCUT2D eigenvalue weighted by molar-refractivity contribution is 6.30. The summed E-state index contributed by atoms with van der Waals surface area (Å²) in [6.45, 7) is 0. The summed E-state index contributed by atoms with van der Waals surface area (Å²) in [4.78, 5) is 0. The van der Waals surface area contributed by atoms with Gasteiger partial charge in [0.1, 0.15) is 5.82 Å². The summed E-state index contributed by atoms with van der Waals surface area (Å²) in [7, 11) is 0. The molecule has 0 bridgehead atoms. The number of hydrogen-bond acceptors (Lipinski definition) is 1. The molecule has 0 aromatic heterocycles. The number of aryl methyl sites for hydroxylation is 2. The van der Waals surface area contributed by atoms with E-state index in [9.17, 15) is 4.39 Å². The number of halogens is 2. The molecule has 0 spiro atoms. The second-order valence-electron chi connectivity index (χ2n) is 5.03. The molecule has 1 aliphatic rings. The summed E-state index contributed by atoms with van der Waals surface area (Å²) in [5.74, 6) is -0.421. The highest BCUT2D eigenvalue weighted by Crippen LogP contribution is 2.28.